The van der Waals surface area contributed by atoms with E-state index < -0.39 is 0 Å². The molecule has 2 aromatic rings. The Bertz CT molecular complexity index is 606. The highest BCUT2D eigenvalue weighted by atomic mass is 16.5. The molecule has 1 saturated carbocycles. The minimum absolute atomic E-state index is 0.590. The van der Waals surface area contributed by atoms with E-state index in [9.17, 15) is 0 Å². The summed E-state index contributed by atoms with van der Waals surface area (Å²) >= 11 is 0. The molecule has 1 aromatic heterocycles. The molecule has 4 heteroatoms. The van der Waals surface area contributed by atoms with E-state index >= 15 is 0 Å². The van der Waals surface area contributed by atoms with E-state index in [1.54, 1.807) is 14.2 Å². The molecule has 1 heterocycles. The predicted molar refractivity (Wildman–Crippen MR) is 69.4 cm³/mol. The molecule has 18 heavy (non-hydrogen) atoms. The fourth-order valence-electron chi connectivity index (χ4n) is 2.27. The van der Waals surface area contributed by atoms with Crippen LogP contribution in [-0.4, -0.2) is 24.2 Å². The number of nitrogens with zero attached hydrogens (tertiary/aromatic N) is 2. The molecule has 0 bridgehead atoms. The molecule has 0 atom stereocenters. The van der Waals surface area contributed by atoms with Gasteiger partial charge in [0, 0.05) is 17.4 Å². The number of hydrogen-bond donors (Lipinski definition) is 0. The third-order valence-electron chi connectivity index (χ3n) is 3.31. The van der Waals surface area contributed by atoms with Crippen LogP contribution in [0.2, 0.25) is 0 Å². The number of ether oxygens (including phenoxy) is 2. The SMILES string of the molecule is COc1cc2nc(C)nc(C3CC3)c2cc1OC. The zero-order chi connectivity index (χ0) is 12.7. The van der Waals surface area contributed by atoms with Gasteiger partial charge in [0.15, 0.2) is 11.5 Å². The normalized spacial score (nSPS) is 14.8. The Morgan fingerprint density at radius 1 is 1.06 bits per heavy atom. The maximum Gasteiger partial charge on any atom is 0.162 e. The van der Waals surface area contributed by atoms with E-state index in [0.717, 1.165) is 28.2 Å². The van der Waals surface area contributed by atoms with E-state index in [1.165, 1.54) is 12.8 Å². The molecule has 1 aliphatic rings. The Morgan fingerprint density at radius 2 is 1.72 bits per heavy atom. The summed E-state index contributed by atoms with van der Waals surface area (Å²) in [5, 5.41) is 1.08. The van der Waals surface area contributed by atoms with Gasteiger partial charge in [0.2, 0.25) is 0 Å². The van der Waals surface area contributed by atoms with Crippen molar-refractivity contribution in [2.75, 3.05) is 14.2 Å². The van der Waals surface area contributed by atoms with Gasteiger partial charge in [0.1, 0.15) is 5.82 Å². The first-order chi connectivity index (χ1) is 8.72. The molecule has 1 aromatic carbocycles. The van der Waals surface area contributed by atoms with Gasteiger partial charge >= 0.3 is 0 Å². The lowest BCUT2D eigenvalue weighted by Gasteiger charge is -2.11. The third-order valence-corrected chi connectivity index (χ3v) is 3.31. The van der Waals surface area contributed by atoms with Crippen molar-refractivity contribution in [3.8, 4) is 11.5 Å². The van der Waals surface area contributed by atoms with Crippen molar-refractivity contribution in [2.45, 2.75) is 25.7 Å². The van der Waals surface area contributed by atoms with Gasteiger partial charge in [0.05, 0.1) is 25.4 Å². The molecule has 0 saturated heterocycles. The number of methoxy groups -OCH3 is 2. The first-order valence-electron chi connectivity index (χ1n) is 6.13. The topological polar surface area (TPSA) is 44.2 Å². The zero-order valence-electron chi connectivity index (χ0n) is 10.9. The van der Waals surface area contributed by atoms with Crippen molar-refractivity contribution in [2.24, 2.45) is 0 Å². The summed E-state index contributed by atoms with van der Waals surface area (Å²) < 4.78 is 10.7. The summed E-state index contributed by atoms with van der Waals surface area (Å²) in [7, 11) is 3.29. The Balaban J connectivity index is 2.28. The van der Waals surface area contributed by atoms with Gasteiger partial charge in [-0.2, -0.15) is 0 Å². The fourth-order valence-corrected chi connectivity index (χ4v) is 2.27. The number of hydrogen-bond acceptors (Lipinski definition) is 4. The minimum Gasteiger partial charge on any atom is -0.493 e. The summed E-state index contributed by atoms with van der Waals surface area (Å²) in [5.74, 6) is 2.85. The Hall–Kier alpha value is -1.84. The second-order valence-electron chi connectivity index (χ2n) is 4.65. The van der Waals surface area contributed by atoms with E-state index in [-0.39, 0.29) is 0 Å². The van der Waals surface area contributed by atoms with Crippen LogP contribution in [0.1, 0.15) is 30.3 Å². The molecule has 0 spiro atoms. The van der Waals surface area contributed by atoms with Crippen LogP contribution in [0.5, 0.6) is 11.5 Å². The van der Waals surface area contributed by atoms with Crippen LogP contribution in [0.25, 0.3) is 10.9 Å². The van der Waals surface area contributed by atoms with Gasteiger partial charge in [-0.1, -0.05) is 0 Å². The molecule has 0 aliphatic heterocycles. The van der Waals surface area contributed by atoms with Crippen LogP contribution < -0.4 is 9.47 Å². The maximum absolute atomic E-state index is 5.35. The number of fused-ring (bicyclic) bond motifs is 1. The fraction of sp³-hybridized carbons (Fsp3) is 0.429. The van der Waals surface area contributed by atoms with Gasteiger partial charge in [-0.3, -0.25) is 0 Å². The molecule has 3 rings (SSSR count). The smallest absolute Gasteiger partial charge is 0.162 e. The summed E-state index contributed by atoms with van der Waals surface area (Å²) in [6, 6.07) is 3.91. The highest BCUT2D eigenvalue weighted by Gasteiger charge is 2.28. The van der Waals surface area contributed by atoms with Gasteiger partial charge in [-0.15, -0.1) is 0 Å². The number of benzene rings is 1. The zero-order valence-corrected chi connectivity index (χ0v) is 10.9. The molecule has 94 valence electrons. The van der Waals surface area contributed by atoms with E-state index in [4.69, 9.17) is 9.47 Å². The summed E-state index contributed by atoms with van der Waals surface area (Å²) in [5.41, 5.74) is 2.08. The summed E-state index contributed by atoms with van der Waals surface area (Å²) in [6.45, 7) is 1.93. The predicted octanol–water partition coefficient (Wildman–Crippen LogP) is 2.83. The van der Waals surface area contributed by atoms with Crippen molar-refractivity contribution in [3.05, 3.63) is 23.7 Å². The van der Waals surface area contributed by atoms with Gasteiger partial charge < -0.3 is 9.47 Å². The van der Waals surface area contributed by atoms with Crippen LogP contribution >= 0.6 is 0 Å². The number of aryl methyl sites for hydroxylation is 1. The molecule has 1 aliphatic carbocycles. The van der Waals surface area contributed by atoms with Crippen molar-refractivity contribution >= 4 is 10.9 Å². The number of aromatic nitrogens is 2. The lowest BCUT2D eigenvalue weighted by atomic mass is 10.1. The summed E-state index contributed by atoms with van der Waals surface area (Å²) in [4.78, 5) is 9.07. The lowest BCUT2D eigenvalue weighted by Crippen LogP contribution is -1.98. The van der Waals surface area contributed by atoms with Gasteiger partial charge in [-0.05, 0) is 25.8 Å². The van der Waals surface area contributed by atoms with Crippen LogP contribution in [0.3, 0.4) is 0 Å². The first-order valence-corrected chi connectivity index (χ1v) is 6.13. The second kappa shape index (κ2) is 4.12. The van der Waals surface area contributed by atoms with Crippen LogP contribution in [-0.2, 0) is 0 Å². The van der Waals surface area contributed by atoms with Crippen LogP contribution in [0.4, 0.5) is 0 Å². The van der Waals surface area contributed by atoms with Crippen molar-refractivity contribution in [1.29, 1.82) is 0 Å². The number of rotatable bonds is 3. The quantitative estimate of drug-likeness (QED) is 0.832. The second-order valence-corrected chi connectivity index (χ2v) is 4.65. The van der Waals surface area contributed by atoms with Crippen molar-refractivity contribution < 1.29 is 9.47 Å². The highest BCUT2D eigenvalue weighted by Crippen LogP contribution is 2.43. The maximum atomic E-state index is 5.35. The Kier molecular flexibility index (Phi) is 2.58. The largest absolute Gasteiger partial charge is 0.493 e. The van der Waals surface area contributed by atoms with Gasteiger partial charge in [-0.25, -0.2) is 9.97 Å². The molecule has 0 unspecified atom stereocenters. The monoisotopic (exact) mass is 244 g/mol. The van der Waals surface area contributed by atoms with Crippen LogP contribution in [0.15, 0.2) is 12.1 Å². The molecular formula is C14H16N2O2. The molecule has 4 nitrogen and oxygen atoms in total. The van der Waals surface area contributed by atoms with Crippen LogP contribution in [0, 0.1) is 6.92 Å². The lowest BCUT2D eigenvalue weighted by molar-refractivity contribution is 0.355. The minimum atomic E-state index is 0.590. The molecule has 0 radical (unpaired) electrons. The summed E-state index contributed by atoms with van der Waals surface area (Å²) in [6.07, 6.45) is 2.44. The van der Waals surface area contributed by atoms with E-state index in [2.05, 4.69) is 9.97 Å². The van der Waals surface area contributed by atoms with Crippen molar-refractivity contribution in [3.63, 3.8) is 0 Å². The van der Waals surface area contributed by atoms with E-state index in [0.29, 0.717) is 11.7 Å². The molecule has 1 fully saturated rings. The van der Waals surface area contributed by atoms with Gasteiger partial charge in [0.25, 0.3) is 0 Å². The van der Waals surface area contributed by atoms with E-state index in [1.807, 2.05) is 19.1 Å². The molecule has 0 amide bonds. The first kappa shape index (κ1) is 11.3. The third kappa shape index (κ3) is 1.78. The standard InChI is InChI=1S/C14H16N2O2/c1-8-15-11-7-13(18-3)12(17-2)6-10(11)14(16-8)9-4-5-9/h6-7,9H,4-5H2,1-3H3. The van der Waals surface area contributed by atoms with Crippen molar-refractivity contribution in [1.82, 2.24) is 9.97 Å². The Labute approximate surface area is 106 Å². The molecule has 0 N–H and O–H groups in total. The Morgan fingerprint density at radius 3 is 2.33 bits per heavy atom. The average molecular weight is 244 g/mol. The molecular weight excluding hydrogens is 228 g/mol. The average Bonchev–Trinajstić information content (AvgIpc) is 3.20. The highest BCUT2D eigenvalue weighted by molar-refractivity contribution is 5.85.